The second-order valence-electron chi connectivity index (χ2n) is 3.84. The van der Waals surface area contributed by atoms with Gasteiger partial charge in [0.2, 0.25) is 0 Å². The highest BCUT2D eigenvalue weighted by Crippen LogP contribution is 2.02. The minimum absolute atomic E-state index is 0.378. The van der Waals surface area contributed by atoms with E-state index in [0.717, 1.165) is 13.0 Å². The minimum Gasteiger partial charge on any atom is -0.371 e. The summed E-state index contributed by atoms with van der Waals surface area (Å²) in [6.45, 7) is 2.96. The van der Waals surface area contributed by atoms with Crippen molar-refractivity contribution in [3.63, 3.8) is 0 Å². The zero-order chi connectivity index (χ0) is 11.8. The van der Waals surface area contributed by atoms with E-state index in [2.05, 4.69) is 22.2 Å². The first kappa shape index (κ1) is 12.5. The molecule has 3 N–H and O–H groups in total. The third-order valence-corrected chi connectivity index (χ3v) is 2.36. The van der Waals surface area contributed by atoms with Crippen molar-refractivity contribution in [3.8, 4) is 0 Å². The molecule has 1 aromatic heterocycles. The minimum atomic E-state index is -0.471. The van der Waals surface area contributed by atoms with Crippen molar-refractivity contribution in [2.45, 2.75) is 39.0 Å². The SMILES string of the molecule is CCCCCCCNc1cc(=O)[nH]c(=O)[nH]1. The third-order valence-electron chi connectivity index (χ3n) is 2.36. The molecule has 0 spiro atoms. The van der Waals surface area contributed by atoms with E-state index >= 15 is 0 Å². The Morgan fingerprint density at radius 2 is 1.88 bits per heavy atom. The molecule has 1 aromatic rings. The van der Waals surface area contributed by atoms with Crippen LogP contribution in [0.5, 0.6) is 0 Å². The molecular formula is C11H19N3O2. The van der Waals surface area contributed by atoms with E-state index in [0.29, 0.717) is 5.82 Å². The molecule has 1 heterocycles. The van der Waals surface area contributed by atoms with E-state index in [1.54, 1.807) is 0 Å². The topological polar surface area (TPSA) is 77.8 Å². The van der Waals surface area contributed by atoms with E-state index < -0.39 is 5.69 Å². The van der Waals surface area contributed by atoms with Crippen LogP contribution in [0, 0.1) is 0 Å². The lowest BCUT2D eigenvalue weighted by molar-refractivity contribution is 0.644. The predicted molar refractivity (Wildman–Crippen MR) is 64.9 cm³/mol. The van der Waals surface area contributed by atoms with Crippen LogP contribution in [0.1, 0.15) is 39.0 Å². The highest BCUT2D eigenvalue weighted by atomic mass is 16.2. The van der Waals surface area contributed by atoms with Gasteiger partial charge in [-0.15, -0.1) is 0 Å². The molecule has 0 amide bonds. The van der Waals surface area contributed by atoms with Gasteiger partial charge >= 0.3 is 5.69 Å². The summed E-state index contributed by atoms with van der Waals surface area (Å²) >= 11 is 0. The fourth-order valence-corrected chi connectivity index (χ4v) is 1.52. The molecular weight excluding hydrogens is 206 g/mol. The zero-order valence-electron chi connectivity index (χ0n) is 9.64. The fraction of sp³-hybridized carbons (Fsp3) is 0.636. The van der Waals surface area contributed by atoms with Gasteiger partial charge in [0.1, 0.15) is 5.82 Å². The van der Waals surface area contributed by atoms with Crippen molar-refractivity contribution in [2.75, 3.05) is 11.9 Å². The van der Waals surface area contributed by atoms with Crippen LogP contribution in [0.25, 0.3) is 0 Å². The summed E-state index contributed by atoms with van der Waals surface area (Å²) in [7, 11) is 0. The van der Waals surface area contributed by atoms with E-state index in [4.69, 9.17) is 0 Å². The summed E-state index contributed by atoms with van der Waals surface area (Å²) in [6.07, 6.45) is 5.96. The summed E-state index contributed by atoms with van der Waals surface area (Å²) in [5.74, 6) is 0.490. The number of aromatic nitrogens is 2. The first-order chi connectivity index (χ1) is 7.72. The monoisotopic (exact) mass is 225 g/mol. The number of unbranched alkanes of at least 4 members (excludes halogenated alkanes) is 4. The number of anilines is 1. The van der Waals surface area contributed by atoms with E-state index in [-0.39, 0.29) is 5.56 Å². The molecule has 0 unspecified atom stereocenters. The summed E-state index contributed by atoms with van der Waals surface area (Å²) in [5.41, 5.74) is -0.849. The molecule has 0 aliphatic rings. The molecule has 0 bridgehead atoms. The molecule has 0 atom stereocenters. The third kappa shape index (κ3) is 4.82. The van der Waals surface area contributed by atoms with Crippen molar-refractivity contribution >= 4 is 5.82 Å². The van der Waals surface area contributed by atoms with Crippen molar-refractivity contribution in [2.24, 2.45) is 0 Å². The van der Waals surface area contributed by atoms with Crippen LogP contribution in [0.15, 0.2) is 15.7 Å². The largest absolute Gasteiger partial charge is 0.371 e. The van der Waals surface area contributed by atoms with Crippen LogP contribution < -0.4 is 16.6 Å². The van der Waals surface area contributed by atoms with Gasteiger partial charge in [-0.25, -0.2) is 4.79 Å². The maximum atomic E-state index is 11.0. The molecule has 0 saturated heterocycles. The number of hydrogen-bond acceptors (Lipinski definition) is 3. The van der Waals surface area contributed by atoms with E-state index in [1.165, 1.54) is 31.7 Å². The Bertz CT molecular complexity index is 380. The quantitative estimate of drug-likeness (QED) is 0.614. The average molecular weight is 225 g/mol. The lowest BCUT2D eigenvalue weighted by Gasteiger charge is -2.04. The maximum absolute atomic E-state index is 11.0. The molecule has 1 rings (SSSR count). The van der Waals surface area contributed by atoms with Crippen molar-refractivity contribution in [1.29, 1.82) is 0 Å². The Hall–Kier alpha value is -1.52. The molecule has 0 fully saturated rings. The van der Waals surface area contributed by atoms with Crippen LogP contribution in [0.3, 0.4) is 0 Å². The van der Waals surface area contributed by atoms with Gasteiger partial charge in [-0.3, -0.25) is 14.8 Å². The van der Waals surface area contributed by atoms with Gasteiger partial charge < -0.3 is 5.32 Å². The van der Waals surface area contributed by atoms with Crippen LogP contribution in [0.2, 0.25) is 0 Å². The Kier molecular flexibility index (Phi) is 5.39. The molecule has 0 saturated carbocycles. The van der Waals surface area contributed by atoms with Gasteiger partial charge in [0, 0.05) is 12.6 Å². The summed E-state index contributed by atoms with van der Waals surface area (Å²) in [5, 5.41) is 3.03. The summed E-state index contributed by atoms with van der Waals surface area (Å²) in [4.78, 5) is 26.6. The van der Waals surface area contributed by atoms with Crippen molar-refractivity contribution in [1.82, 2.24) is 9.97 Å². The van der Waals surface area contributed by atoms with Crippen LogP contribution in [0.4, 0.5) is 5.82 Å². The van der Waals surface area contributed by atoms with Gasteiger partial charge in [-0.1, -0.05) is 32.6 Å². The number of H-pyrrole nitrogens is 2. The molecule has 0 aliphatic heterocycles. The standard InChI is InChI=1S/C11H19N3O2/c1-2-3-4-5-6-7-12-9-8-10(15)14-11(16)13-9/h8H,2-7H2,1H3,(H3,12,13,14,15,16). The van der Waals surface area contributed by atoms with E-state index in [1.807, 2.05) is 0 Å². The highest BCUT2D eigenvalue weighted by molar-refractivity contribution is 5.31. The zero-order valence-corrected chi connectivity index (χ0v) is 9.64. The first-order valence-electron chi connectivity index (χ1n) is 5.80. The Morgan fingerprint density at radius 3 is 2.56 bits per heavy atom. The fourth-order valence-electron chi connectivity index (χ4n) is 1.52. The molecule has 5 nitrogen and oxygen atoms in total. The summed E-state index contributed by atoms with van der Waals surface area (Å²) < 4.78 is 0. The van der Waals surface area contributed by atoms with Gasteiger partial charge in [0.25, 0.3) is 5.56 Å². The van der Waals surface area contributed by atoms with E-state index in [9.17, 15) is 9.59 Å². The van der Waals surface area contributed by atoms with Gasteiger partial charge in [-0.05, 0) is 6.42 Å². The number of rotatable bonds is 7. The van der Waals surface area contributed by atoms with Gasteiger partial charge in [-0.2, -0.15) is 0 Å². The van der Waals surface area contributed by atoms with Crippen LogP contribution in [-0.2, 0) is 0 Å². The Morgan fingerprint density at radius 1 is 1.12 bits per heavy atom. The first-order valence-corrected chi connectivity index (χ1v) is 5.80. The average Bonchev–Trinajstić information content (AvgIpc) is 2.22. The maximum Gasteiger partial charge on any atom is 0.327 e. The molecule has 0 aliphatic carbocycles. The van der Waals surface area contributed by atoms with Gasteiger partial charge in [0.05, 0.1) is 0 Å². The second kappa shape index (κ2) is 6.87. The lowest BCUT2D eigenvalue weighted by atomic mass is 10.1. The molecule has 0 aromatic carbocycles. The molecule has 90 valence electrons. The Balaban J connectivity index is 2.27. The Labute approximate surface area is 94.3 Å². The molecule has 16 heavy (non-hydrogen) atoms. The van der Waals surface area contributed by atoms with Gasteiger partial charge in [0.15, 0.2) is 0 Å². The normalized spacial score (nSPS) is 10.3. The predicted octanol–water partition coefficient (Wildman–Crippen LogP) is 1.45. The summed E-state index contributed by atoms with van der Waals surface area (Å²) in [6, 6.07) is 1.35. The van der Waals surface area contributed by atoms with Crippen LogP contribution in [-0.4, -0.2) is 16.5 Å². The molecule has 0 radical (unpaired) electrons. The highest BCUT2D eigenvalue weighted by Gasteiger charge is 1.95. The van der Waals surface area contributed by atoms with Crippen molar-refractivity contribution < 1.29 is 0 Å². The smallest absolute Gasteiger partial charge is 0.327 e. The van der Waals surface area contributed by atoms with Crippen LogP contribution >= 0.6 is 0 Å². The lowest BCUT2D eigenvalue weighted by Crippen LogP contribution is -2.23. The number of nitrogens with one attached hydrogen (secondary N) is 3. The second-order valence-corrected chi connectivity index (χ2v) is 3.84. The van der Waals surface area contributed by atoms with Crippen molar-refractivity contribution in [3.05, 3.63) is 26.9 Å². The molecule has 5 heteroatoms. The number of aromatic amines is 2. The number of hydrogen-bond donors (Lipinski definition) is 3.